The fourth-order valence-electron chi connectivity index (χ4n) is 1.47. The first-order valence-corrected chi connectivity index (χ1v) is 5.82. The van der Waals surface area contributed by atoms with Gasteiger partial charge >= 0.3 is 0 Å². The topological polar surface area (TPSA) is 81.9 Å². The maximum Gasteiger partial charge on any atom is 0.284 e. The third-order valence-corrected chi connectivity index (χ3v) is 2.59. The Labute approximate surface area is 112 Å². The molecule has 104 valence electrons. The summed E-state index contributed by atoms with van der Waals surface area (Å²) >= 11 is 0. The van der Waals surface area contributed by atoms with E-state index in [0.717, 1.165) is 10.6 Å². The third-order valence-electron chi connectivity index (χ3n) is 2.59. The van der Waals surface area contributed by atoms with E-state index in [1.54, 1.807) is 0 Å². The Hall–Kier alpha value is -1.92. The summed E-state index contributed by atoms with van der Waals surface area (Å²) in [6, 6.07) is 9.60. The summed E-state index contributed by atoms with van der Waals surface area (Å²) in [5, 5.41) is 0.915. The second-order valence-electron chi connectivity index (χ2n) is 3.91. The molecule has 1 aromatic rings. The highest BCUT2D eigenvalue weighted by Crippen LogP contribution is 2.03. The quantitative estimate of drug-likeness (QED) is 0.561. The van der Waals surface area contributed by atoms with E-state index in [-0.39, 0.29) is 6.61 Å². The normalized spacial score (nSPS) is 11.9. The van der Waals surface area contributed by atoms with Crippen molar-refractivity contribution in [1.82, 2.24) is 5.06 Å². The van der Waals surface area contributed by atoms with Gasteiger partial charge in [-0.2, -0.15) is 0 Å². The highest BCUT2D eigenvalue weighted by molar-refractivity contribution is 6.02. The molecule has 0 heterocycles. The van der Waals surface area contributed by atoms with E-state index in [9.17, 15) is 9.59 Å². The molecule has 0 aliphatic carbocycles. The van der Waals surface area contributed by atoms with Crippen LogP contribution in [-0.2, 0) is 25.6 Å². The van der Waals surface area contributed by atoms with Crippen molar-refractivity contribution in [2.45, 2.75) is 12.5 Å². The smallest absolute Gasteiger partial charge is 0.284 e. The molecule has 0 aliphatic rings. The maximum absolute atomic E-state index is 11.7. The molecule has 19 heavy (non-hydrogen) atoms. The van der Waals surface area contributed by atoms with E-state index < -0.39 is 17.9 Å². The van der Waals surface area contributed by atoms with Gasteiger partial charge in [0.2, 0.25) is 6.10 Å². The van der Waals surface area contributed by atoms with E-state index >= 15 is 0 Å². The molecule has 0 radical (unpaired) electrons. The zero-order valence-corrected chi connectivity index (χ0v) is 11.0. The summed E-state index contributed by atoms with van der Waals surface area (Å²) in [7, 11) is 2.71. The lowest BCUT2D eigenvalue weighted by molar-refractivity contribution is -0.182. The van der Waals surface area contributed by atoms with Crippen molar-refractivity contribution in [3.63, 3.8) is 0 Å². The van der Waals surface area contributed by atoms with Crippen LogP contribution in [0.4, 0.5) is 0 Å². The van der Waals surface area contributed by atoms with Crippen molar-refractivity contribution in [3.05, 3.63) is 35.9 Å². The molecular weight excluding hydrogens is 248 g/mol. The van der Waals surface area contributed by atoms with Crippen molar-refractivity contribution in [2.75, 3.05) is 20.8 Å². The third kappa shape index (κ3) is 4.69. The lowest BCUT2D eigenvalue weighted by atomic mass is 10.2. The summed E-state index contributed by atoms with van der Waals surface area (Å²) in [4.78, 5) is 27.6. The summed E-state index contributed by atoms with van der Waals surface area (Å²) in [5.41, 5.74) is 6.20. The Morgan fingerprint density at radius 2 is 1.95 bits per heavy atom. The van der Waals surface area contributed by atoms with Crippen LogP contribution < -0.4 is 5.73 Å². The number of primary amides is 1. The van der Waals surface area contributed by atoms with Gasteiger partial charge in [-0.25, -0.2) is 5.06 Å². The van der Waals surface area contributed by atoms with E-state index in [1.807, 2.05) is 30.3 Å². The highest BCUT2D eigenvalue weighted by atomic mass is 16.7. The number of hydrogen-bond donors (Lipinski definition) is 1. The van der Waals surface area contributed by atoms with Crippen LogP contribution >= 0.6 is 0 Å². The minimum absolute atomic E-state index is 0.223. The predicted molar refractivity (Wildman–Crippen MR) is 68.9 cm³/mol. The summed E-state index contributed by atoms with van der Waals surface area (Å²) in [5.74, 6) is -1.45. The van der Waals surface area contributed by atoms with Crippen molar-refractivity contribution in [3.8, 4) is 0 Å². The first-order chi connectivity index (χ1) is 9.06. The van der Waals surface area contributed by atoms with Gasteiger partial charge in [0.15, 0.2) is 0 Å². The molecule has 0 fully saturated rings. The maximum atomic E-state index is 11.7. The van der Waals surface area contributed by atoms with Gasteiger partial charge in [0.25, 0.3) is 11.8 Å². The summed E-state index contributed by atoms with van der Waals surface area (Å²) in [6.45, 7) is 0.223. The largest absolute Gasteiger partial charge is 0.367 e. The Balaban J connectivity index is 2.51. The molecule has 6 heteroatoms. The molecule has 6 nitrogen and oxygen atoms in total. The van der Waals surface area contributed by atoms with Crippen molar-refractivity contribution in [2.24, 2.45) is 5.73 Å². The van der Waals surface area contributed by atoms with Crippen LogP contribution in [0.5, 0.6) is 0 Å². The van der Waals surface area contributed by atoms with Crippen LogP contribution in [0.1, 0.15) is 5.56 Å². The van der Waals surface area contributed by atoms with E-state index in [2.05, 4.69) is 0 Å². The average molecular weight is 266 g/mol. The SMILES string of the molecule is CON(C)C(=O)[C@H](OCCc1ccccc1)C(N)=O. The van der Waals surface area contributed by atoms with Gasteiger partial charge in [-0.3, -0.25) is 14.4 Å². The minimum Gasteiger partial charge on any atom is -0.367 e. The number of likely N-dealkylation sites (N-methyl/N-ethyl adjacent to an activating group) is 1. The van der Waals surface area contributed by atoms with Gasteiger partial charge in [0.05, 0.1) is 13.7 Å². The molecule has 0 spiro atoms. The second-order valence-corrected chi connectivity index (χ2v) is 3.91. The number of nitrogens with zero attached hydrogens (tertiary/aromatic N) is 1. The van der Waals surface area contributed by atoms with Crippen LogP contribution in [0.3, 0.4) is 0 Å². The fourth-order valence-corrected chi connectivity index (χ4v) is 1.47. The fraction of sp³-hybridized carbons (Fsp3) is 0.385. The molecule has 0 unspecified atom stereocenters. The number of rotatable bonds is 7. The Morgan fingerprint density at radius 3 is 2.47 bits per heavy atom. The zero-order chi connectivity index (χ0) is 14.3. The molecule has 0 aromatic heterocycles. The molecule has 1 aromatic carbocycles. The van der Waals surface area contributed by atoms with E-state index in [1.165, 1.54) is 14.2 Å². The average Bonchev–Trinajstić information content (AvgIpc) is 2.42. The lowest BCUT2D eigenvalue weighted by Crippen LogP contribution is -2.45. The van der Waals surface area contributed by atoms with Gasteiger partial charge in [0.1, 0.15) is 0 Å². The Morgan fingerprint density at radius 1 is 1.32 bits per heavy atom. The number of hydroxylamine groups is 2. The number of carbonyl (C=O) groups is 2. The molecule has 2 N–H and O–H groups in total. The van der Waals surface area contributed by atoms with Gasteiger partial charge in [-0.15, -0.1) is 0 Å². The van der Waals surface area contributed by atoms with Crippen LogP contribution in [0.25, 0.3) is 0 Å². The van der Waals surface area contributed by atoms with Gasteiger partial charge in [-0.05, 0) is 12.0 Å². The molecule has 0 saturated carbocycles. The number of ether oxygens (including phenoxy) is 1. The number of benzene rings is 1. The number of hydrogen-bond acceptors (Lipinski definition) is 4. The molecule has 2 amide bonds. The van der Waals surface area contributed by atoms with Crippen LogP contribution in [0.15, 0.2) is 30.3 Å². The highest BCUT2D eigenvalue weighted by Gasteiger charge is 2.28. The molecule has 0 aliphatic heterocycles. The monoisotopic (exact) mass is 266 g/mol. The second kappa shape index (κ2) is 7.50. The molecule has 1 rings (SSSR count). The number of amides is 2. The summed E-state index contributed by atoms with van der Waals surface area (Å²) < 4.78 is 5.25. The molecule has 1 atom stereocenters. The van der Waals surface area contributed by atoms with Gasteiger partial charge in [-0.1, -0.05) is 30.3 Å². The molecule has 0 saturated heterocycles. The van der Waals surface area contributed by atoms with Crippen LogP contribution in [0, 0.1) is 0 Å². The first-order valence-electron chi connectivity index (χ1n) is 5.82. The van der Waals surface area contributed by atoms with Crippen molar-refractivity contribution < 1.29 is 19.2 Å². The van der Waals surface area contributed by atoms with Crippen LogP contribution in [0.2, 0.25) is 0 Å². The minimum atomic E-state index is -1.33. The first kappa shape index (κ1) is 15.1. The Bertz CT molecular complexity index is 422. The van der Waals surface area contributed by atoms with E-state index in [4.69, 9.17) is 15.3 Å². The predicted octanol–water partition coefficient (Wildman–Crippen LogP) is 0.119. The van der Waals surface area contributed by atoms with Gasteiger partial charge < -0.3 is 10.5 Å². The molecular formula is C13H18N2O4. The van der Waals surface area contributed by atoms with Gasteiger partial charge in [0, 0.05) is 7.05 Å². The zero-order valence-electron chi connectivity index (χ0n) is 11.0. The number of nitrogens with two attached hydrogens (primary N) is 1. The lowest BCUT2D eigenvalue weighted by Gasteiger charge is -2.19. The van der Waals surface area contributed by atoms with Crippen LogP contribution in [-0.4, -0.2) is 43.7 Å². The molecule has 0 bridgehead atoms. The van der Waals surface area contributed by atoms with Crippen molar-refractivity contribution >= 4 is 11.8 Å². The standard InChI is InChI=1S/C13H18N2O4/c1-15(18-2)13(17)11(12(14)16)19-9-8-10-6-4-3-5-7-10/h3-7,11H,8-9H2,1-2H3,(H2,14,16)/t11-/m1/s1. The summed E-state index contributed by atoms with van der Waals surface area (Å²) in [6.07, 6.45) is -0.733. The Kier molecular flexibility index (Phi) is 5.98. The number of carbonyl (C=O) groups excluding carboxylic acids is 2. The van der Waals surface area contributed by atoms with E-state index in [0.29, 0.717) is 6.42 Å². The van der Waals surface area contributed by atoms with Crippen molar-refractivity contribution in [1.29, 1.82) is 0 Å².